The third-order valence-electron chi connectivity index (χ3n) is 29.6. The van der Waals surface area contributed by atoms with Crippen LogP contribution in [0.3, 0.4) is 0 Å². The summed E-state index contributed by atoms with van der Waals surface area (Å²) in [4.78, 5) is 10.2. The van der Waals surface area contributed by atoms with Crippen molar-refractivity contribution in [3.63, 3.8) is 0 Å². The quantitative estimate of drug-likeness (QED) is 0.127. The second-order valence-corrected chi connectivity index (χ2v) is 47.1. The molecule has 630 valence electrons. The largest absolute Gasteiger partial charge is 0.311 e. The maximum absolute atomic E-state index is 8.11. The Kier molecular flexibility index (Phi) is 22.1. The van der Waals surface area contributed by atoms with Gasteiger partial charge in [-0.2, -0.15) is 0 Å². The lowest BCUT2D eigenvalue weighted by Crippen LogP contribution is -2.62. The molecule has 0 N–H and O–H groups in total. The Morgan fingerprint density at radius 1 is 0.275 bits per heavy atom. The van der Waals surface area contributed by atoms with Gasteiger partial charge in [-0.1, -0.05) is 290 Å². The van der Waals surface area contributed by atoms with E-state index >= 15 is 0 Å². The first kappa shape index (κ1) is 86.7. The lowest BCUT2D eigenvalue weighted by molar-refractivity contribution is -0.00526. The van der Waals surface area contributed by atoms with E-state index in [0.29, 0.717) is 0 Å². The van der Waals surface area contributed by atoms with E-state index in [1.807, 2.05) is 0 Å². The van der Waals surface area contributed by atoms with Gasteiger partial charge >= 0.3 is 0 Å². The van der Waals surface area contributed by atoms with Gasteiger partial charge in [0.15, 0.2) is 0 Å². The summed E-state index contributed by atoms with van der Waals surface area (Å²) in [7, 11) is 0. The zero-order valence-electron chi connectivity index (χ0n) is 76.3. The summed E-state index contributed by atoms with van der Waals surface area (Å²) >= 11 is 8.11. The average molecular weight is 1620 g/mol. The van der Waals surface area contributed by atoms with Gasteiger partial charge in [-0.15, -0.1) is 0 Å². The van der Waals surface area contributed by atoms with Gasteiger partial charge in [0.25, 0.3) is 6.71 Å². The van der Waals surface area contributed by atoms with E-state index in [1.54, 1.807) is 5.56 Å². The molecular weight excluding hydrogens is 1470 g/mol. The molecule has 10 aliphatic rings. The number of rotatable bonds is 10. The van der Waals surface area contributed by atoms with E-state index in [9.17, 15) is 0 Å². The molecule has 8 fully saturated rings. The molecule has 0 unspecified atom stereocenters. The fourth-order valence-corrected chi connectivity index (χ4v) is 23.8. The maximum atomic E-state index is 8.11. The van der Waals surface area contributed by atoms with Gasteiger partial charge in [0.1, 0.15) is 0 Å². The van der Waals surface area contributed by atoms with Crippen LogP contribution in [0, 0.1) is 35.5 Å². The van der Waals surface area contributed by atoms with Crippen molar-refractivity contribution in [2.45, 2.75) is 312 Å². The molecule has 8 aliphatic carbocycles. The predicted molar refractivity (Wildman–Crippen MR) is 524 cm³/mol. The van der Waals surface area contributed by atoms with E-state index in [1.165, 1.54) is 178 Å². The Bertz CT molecular complexity index is 4890. The zero-order chi connectivity index (χ0) is 83.9. The molecule has 0 spiro atoms. The lowest BCUT2D eigenvalue weighted by Gasteiger charge is -2.57. The maximum Gasteiger partial charge on any atom is 0.252 e. The van der Waals surface area contributed by atoms with Crippen molar-refractivity contribution in [1.82, 2.24) is 0 Å². The van der Waals surface area contributed by atoms with Crippen molar-refractivity contribution in [2.75, 3.05) is 19.6 Å². The van der Waals surface area contributed by atoms with Crippen molar-refractivity contribution >= 4 is 103 Å². The van der Waals surface area contributed by atoms with Crippen LogP contribution in [-0.2, 0) is 54.1 Å². The van der Waals surface area contributed by atoms with Gasteiger partial charge in [-0.25, -0.2) is 0 Å². The number of nitrogens with zero attached hydrogens (tertiary/aromatic N) is 4. The van der Waals surface area contributed by atoms with Crippen molar-refractivity contribution in [2.24, 2.45) is 35.5 Å². The molecule has 0 saturated heterocycles. The van der Waals surface area contributed by atoms with Gasteiger partial charge < -0.3 is 19.6 Å². The van der Waals surface area contributed by atoms with E-state index in [-0.39, 0.29) is 75.7 Å². The van der Waals surface area contributed by atoms with Crippen LogP contribution in [-0.4, -0.2) is 6.71 Å². The minimum Gasteiger partial charge on any atom is -0.311 e. The fourth-order valence-electron chi connectivity index (χ4n) is 23.5. The molecule has 0 radical (unpaired) electrons. The molecule has 120 heavy (non-hydrogen) atoms. The highest BCUT2D eigenvalue weighted by Gasteiger charge is 2.55. The van der Waals surface area contributed by atoms with E-state index in [0.717, 1.165) is 74.7 Å². The van der Waals surface area contributed by atoms with Crippen molar-refractivity contribution in [3.05, 3.63) is 267 Å². The summed E-state index contributed by atoms with van der Waals surface area (Å²) in [5, 5.41) is 0.762. The predicted octanol–water partition coefficient (Wildman–Crippen LogP) is 31.6. The smallest absolute Gasteiger partial charge is 0.252 e. The molecular formula is C114H144BClN4. The van der Waals surface area contributed by atoms with Crippen molar-refractivity contribution in [1.29, 1.82) is 0 Å². The Labute approximate surface area is 732 Å². The minimum atomic E-state index is 0. The Morgan fingerprint density at radius 3 is 0.725 bits per heavy atom. The Hall–Kier alpha value is -8.25. The molecule has 0 atom stereocenters. The highest BCUT2D eigenvalue weighted by molar-refractivity contribution is 7.00. The molecule has 0 aromatic heterocycles. The third kappa shape index (κ3) is 16.1. The van der Waals surface area contributed by atoms with Gasteiger partial charge in [0, 0.05) is 56.9 Å². The van der Waals surface area contributed by atoms with Gasteiger partial charge in [-0.3, -0.25) is 0 Å². The standard InChI is InChI=1S/C56H67BN2.C56H69ClN2.2CH4/c1-52(2,3)38-13-19-43(20-14-38)58-47-23-17-40(54(7,8)9)28-45(47)57-46-29-41(55(10,11)12)18-24-48(46)59(44-21-15-39(16-22-44)53(4,5)6)50-31-42(30-49(58)51(50)57)56-32-35-25-36(33-56)27-37(26-35)34-56;1-52(2,3)40-13-21-45(22-14-40)58(46-23-15-41(16-24-46)53(4,5)6)49-32-44(56-34-37-29-38(35-56)31-39(30-37)36-56)33-50(51(49)57)59(47-25-17-42(18-26-47)54(7,8)9)48-27-19-43(20-28-48)55(10,11)12;;/h13-24,28-31,35-37H,25-27,32-34H2,1-12H3;13-28,32-33,37-39H,29-31,34-36H2,1-12H3;2*1H4. The van der Waals surface area contributed by atoms with Gasteiger partial charge in [-0.05, 0) is 348 Å². The van der Waals surface area contributed by atoms with Crippen LogP contribution < -0.4 is 36.0 Å². The number of halogens is 1. The third-order valence-corrected chi connectivity index (χ3v) is 30.0. The summed E-state index contributed by atoms with van der Waals surface area (Å²) in [6.45, 7) is 55.8. The van der Waals surface area contributed by atoms with Crippen LogP contribution in [0.4, 0.5) is 68.2 Å². The van der Waals surface area contributed by atoms with Crippen LogP contribution in [0.5, 0.6) is 0 Å². The molecule has 10 aromatic rings. The van der Waals surface area contributed by atoms with E-state index in [4.69, 9.17) is 11.6 Å². The first-order valence-electron chi connectivity index (χ1n) is 45.4. The molecule has 2 heterocycles. The number of hydrogen-bond donors (Lipinski definition) is 0. The lowest BCUT2D eigenvalue weighted by atomic mass is 9.33. The second-order valence-electron chi connectivity index (χ2n) is 46.8. The molecule has 20 rings (SSSR count). The molecule has 0 amide bonds. The number of hydrogen-bond acceptors (Lipinski definition) is 4. The molecule has 10 aromatic carbocycles. The fraction of sp³-hybridized carbons (Fsp3) is 0.474. The number of anilines is 12. The van der Waals surface area contributed by atoms with Crippen LogP contribution in [0.25, 0.3) is 0 Å². The topological polar surface area (TPSA) is 13.0 Å². The Balaban J connectivity index is 0.000000184. The summed E-state index contributed by atoms with van der Waals surface area (Å²) < 4.78 is 0. The summed E-state index contributed by atoms with van der Waals surface area (Å²) in [6, 6.07) is 81.5. The zero-order valence-corrected chi connectivity index (χ0v) is 77.1. The summed E-state index contributed by atoms with van der Waals surface area (Å²) in [5.41, 5.74) is 33.4. The van der Waals surface area contributed by atoms with Crippen molar-refractivity contribution in [3.8, 4) is 0 Å². The van der Waals surface area contributed by atoms with Crippen LogP contribution in [0.1, 0.15) is 314 Å². The second kappa shape index (κ2) is 30.6. The summed E-state index contributed by atoms with van der Waals surface area (Å²) in [6.07, 6.45) is 16.4. The monoisotopic (exact) mass is 1620 g/mol. The SMILES string of the molecule is C.C.CC(C)(C)c1ccc(N(c2ccc(C(C)(C)C)cc2)c2cc(C34CC5CC(CC(C5)C3)C4)cc(N(c3ccc(C(C)(C)C)cc3)c3ccc(C(C)(C)C)cc3)c2Cl)cc1.CC(C)(C)c1ccc(N2c3ccc(C(C)(C)C)cc3B3c4cc(C(C)(C)C)ccc4N(c4ccc(C(C)(C)C)cc4)c4cc(C56CC7CC(CC(C7)C5)C6)cc2c43)cc1. The molecule has 8 saturated carbocycles. The Morgan fingerprint density at radius 2 is 0.492 bits per heavy atom. The van der Waals surface area contributed by atoms with Crippen molar-refractivity contribution < 1.29 is 0 Å². The van der Waals surface area contributed by atoms with Gasteiger partial charge in [0.2, 0.25) is 0 Å². The van der Waals surface area contributed by atoms with Crippen LogP contribution >= 0.6 is 11.6 Å². The first-order valence-corrected chi connectivity index (χ1v) is 45.8. The molecule has 2 aliphatic heterocycles. The molecule has 8 bridgehead atoms. The highest BCUT2D eigenvalue weighted by Crippen LogP contribution is 2.65. The molecule has 4 nitrogen and oxygen atoms in total. The van der Waals surface area contributed by atoms with Gasteiger partial charge in [0.05, 0.1) is 16.4 Å². The van der Waals surface area contributed by atoms with E-state index in [2.05, 4.69) is 392 Å². The van der Waals surface area contributed by atoms with E-state index < -0.39 is 0 Å². The van der Waals surface area contributed by atoms with Crippen LogP contribution in [0.2, 0.25) is 5.02 Å². The summed E-state index contributed by atoms with van der Waals surface area (Å²) in [5.74, 6) is 5.08. The number of benzene rings is 10. The normalized spacial score (nSPS) is 22.2. The first-order chi connectivity index (χ1) is 55.3. The number of fused-ring (bicyclic) bond motifs is 4. The highest BCUT2D eigenvalue weighted by atomic mass is 35.5. The van der Waals surface area contributed by atoms with Crippen LogP contribution in [0.15, 0.2) is 206 Å². The average Bonchev–Trinajstić information content (AvgIpc) is 0.681. The minimum absolute atomic E-state index is 0. The molecule has 6 heteroatoms.